The van der Waals surface area contributed by atoms with Crippen molar-refractivity contribution in [2.24, 2.45) is 5.73 Å². The average molecular weight is 309 g/mol. The largest absolute Gasteiger partial charge is 0.496 e. The van der Waals surface area contributed by atoms with Gasteiger partial charge in [0.25, 0.3) is 0 Å². The quantitative estimate of drug-likeness (QED) is 0.787. The molecule has 1 heterocycles. The van der Waals surface area contributed by atoms with Crippen molar-refractivity contribution in [2.75, 3.05) is 14.2 Å². The van der Waals surface area contributed by atoms with Gasteiger partial charge in [-0.25, -0.2) is 4.68 Å². The zero-order valence-corrected chi connectivity index (χ0v) is 13.2. The summed E-state index contributed by atoms with van der Waals surface area (Å²) in [7, 11) is 3.31. The molecule has 0 atom stereocenters. The molecule has 0 aliphatic carbocycles. The predicted molar refractivity (Wildman–Crippen MR) is 90.0 cm³/mol. The molecule has 2 N–H and O–H groups in total. The maximum absolute atomic E-state index is 5.79. The molecule has 3 rings (SSSR count). The number of hydrogen-bond acceptors (Lipinski definition) is 4. The molecule has 0 saturated heterocycles. The Labute approximate surface area is 135 Å². The van der Waals surface area contributed by atoms with E-state index in [2.05, 4.69) is 5.10 Å². The summed E-state index contributed by atoms with van der Waals surface area (Å²) in [5.74, 6) is 1.53. The summed E-state index contributed by atoms with van der Waals surface area (Å²) in [6.45, 7) is 0.365. The third-order valence-corrected chi connectivity index (χ3v) is 3.67. The molecule has 118 valence electrons. The molecule has 23 heavy (non-hydrogen) atoms. The molecule has 0 fully saturated rings. The van der Waals surface area contributed by atoms with Crippen LogP contribution in [0, 0.1) is 0 Å². The second-order valence-electron chi connectivity index (χ2n) is 5.01. The fourth-order valence-corrected chi connectivity index (χ4v) is 2.57. The van der Waals surface area contributed by atoms with Crippen LogP contribution in [0.4, 0.5) is 0 Å². The van der Waals surface area contributed by atoms with Gasteiger partial charge in [-0.05, 0) is 30.3 Å². The van der Waals surface area contributed by atoms with Crippen molar-refractivity contribution in [3.63, 3.8) is 0 Å². The van der Waals surface area contributed by atoms with E-state index in [0.717, 1.165) is 34.1 Å². The van der Waals surface area contributed by atoms with Gasteiger partial charge in [-0.15, -0.1) is 0 Å². The van der Waals surface area contributed by atoms with E-state index in [1.807, 2.05) is 59.3 Å². The lowest BCUT2D eigenvalue weighted by Crippen LogP contribution is -2.04. The van der Waals surface area contributed by atoms with Crippen molar-refractivity contribution in [2.45, 2.75) is 6.54 Å². The number of para-hydroxylation sites is 3. The van der Waals surface area contributed by atoms with Gasteiger partial charge in [-0.3, -0.25) is 0 Å². The zero-order valence-electron chi connectivity index (χ0n) is 13.2. The van der Waals surface area contributed by atoms with Crippen molar-refractivity contribution in [3.05, 3.63) is 60.3 Å². The minimum absolute atomic E-state index is 0.365. The van der Waals surface area contributed by atoms with Crippen LogP contribution >= 0.6 is 0 Å². The highest BCUT2D eigenvalue weighted by atomic mass is 16.5. The summed E-state index contributed by atoms with van der Waals surface area (Å²) in [5.41, 5.74) is 9.31. The first-order valence-corrected chi connectivity index (χ1v) is 7.34. The van der Waals surface area contributed by atoms with Crippen molar-refractivity contribution in [3.8, 4) is 28.4 Å². The number of ether oxygens (including phenoxy) is 2. The molecular formula is C18H19N3O2. The lowest BCUT2D eigenvalue weighted by molar-refractivity contribution is 0.411. The van der Waals surface area contributed by atoms with Gasteiger partial charge in [0, 0.05) is 12.1 Å². The number of hydrogen-bond donors (Lipinski definition) is 1. The Hall–Kier alpha value is -2.79. The fourth-order valence-electron chi connectivity index (χ4n) is 2.57. The summed E-state index contributed by atoms with van der Waals surface area (Å²) in [6.07, 6.45) is 0. The van der Waals surface area contributed by atoms with E-state index in [1.54, 1.807) is 14.2 Å². The molecule has 0 unspecified atom stereocenters. The van der Waals surface area contributed by atoms with E-state index >= 15 is 0 Å². The second-order valence-corrected chi connectivity index (χ2v) is 5.01. The third-order valence-electron chi connectivity index (χ3n) is 3.67. The van der Waals surface area contributed by atoms with Crippen LogP contribution in [0.3, 0.4) is 0 Å². The SMILES string of the molecule is COc1ccccc1-c1cc(CN)nn1-c1ccccc1OC. The molecule has 5 nitrogen and oxygen atoms in total. The van der Waals surface area contributed by atoms with Gasteiger partial charge in [0.05, 0.1) is 25.6 Å². The minimum Gasteiger partial charge on any atom is -0.496 e. The lowest BCUT2D eigenvalue weighted by atomic mass is 10.1. The van der Waals surface area contributed by atoms with Crippen molar-refractivity contribution < 1.29 is 9.47 Å². The topological polar surface area (TPSA) is 62.3 Å². The standard InChI is InChI=1S/C18H19N3O2/c1-22-17-9-5-3-7-14(17)16-11-13(12-19)20-21(16)15-8-4-6-10-18(15)23-2/h3-11H,12,19H2,1-2H3. The van der Waals surface area contributed by atoms with Crippen molar-refractivity contribution >= 4 is 0 Å². The van der Waals surface area contributed by atoms with E-state index in [9.17, 15) is 0 Å². The molecular weight excluding hydrogens is 290 g/mol. The first-order chi connectivity index (χ1) is 11.3. The smallest absolute Gasteiger partial charge is 0.144 e. The molecule has 0 spiro atoms. The summed E-state index contributed by atoms with van der Waals surface area (Å²) >= 11 is 0. The Balaban J connectivity index is 2.24. The van der Waals surface area contributed by atoms with E-state index in [-0.39, 0.29) is 0 Å². The predicted octanol–water partition coefficient (Wildman–Crippen LogP) is 3.02. The monoisotopic (exact) mass is 309 g/mol. The molecule has 0 aliphatic heterocycles. The number of nitrogens with zero attached hydrogens (tertiary/aromatic N) is 2. The number of rotatable bonds is 5. The van der Waals surface area contributed by atoms with Crippen molar-refractivity contribution in [1.29, 1.82) is 0 Å². The van der Waals surface area contributed by atoms with E-state index in [1.165, 1.54) is 0 Å². The summed E-state index contributed by atoms with van der Waals surface area (Å²) in [5, 5.41) is 4.62. The van der Waals surface area contributed by atoms with E-state index in [4.69, 9.17) is 15.2 Å². The number of benzene rings is 2. The minimum atomic E-state index is 0.365. The van der Waals surface area contributed by atoms with Crippen LogP contribution < -0.4 is 15.2 Å². The van der Waals surface area contributed by atoms with Gasteiger partial charge in [0.2, 0.25) is 0 Å². The molecule has 3 aromatic rings. The Morgan fingerprint density at radius 3 is 2.30 bits per heavy atom. The first kappa shape index (κ1) is 15.1. The molecule has 0 saturated carbocycles. The molecule has 0 radical (unpaired) electrons. The normalized spacial score (nSPS) is 10.6. The highest BCUT2D eigenvalue weighted by Gasteiger charge is 2.16. The van der Waals surface area contributed by atoms with Gasteiger partial charge >= 0.3 is 0 Å². The average Bonchev–Trinajstić information content (AvgIpc) is 3.05. The van der Waals surface area contributed by atoms with E-state index in [0.29, 0.717) is 6.54 Å². The molecule has 2 aromatic carbocycles. The van der Waals surface area contributed by atoms with Crippen molar-refractivity contribution in [1.82, 2.24) is 9.78 Å². The summed E-state index contributed by atoms with van der Waals surface area (Å²) in [6, 6.07) is 17.6. The van der Waals surface area contributed by atoms with Crippen LogP contribution in [0.1, 0.15) is 5.69 Å². The molecule has 0 amide bonds. The number of methoxy groups -OCH3 is 2. The van der Waals surface area contributed by atoms with Gasteiger partial charge in [0.1, 0.15) is 17.2 Å². The lowest BCUT2D eigenvalue weighted by Gasteiger charge is -2.13. The molecule has 0 aliphatic rings. The first-order valence-electron chi connectivity index (χ1n) is 7.34. The molecule has 5 heteroatoms. The van der Waals surface area contributed by atoms with Gasteiger partial charge in [0.15, 0.2) is 0 Å². The maximum atomic E-state index is 5.79. The Bertz CT molecular complexity index is 747. The summed E-state index contributed by atoms with van der Waals surface area (Å²) in [4.78, 5) is 0. The van der Waals surface area contributed by atoms with Crippen LogP contribution in [0.5, 0.6) is 11.5 Å². The van der Waals surface area contributed by atoms with Crippen LogP contribution in [0.25, 0.3) is 16.9 Å². The van der Waals surface area contributed by atoms with Crippen LogP contribution in [-0.2, 0) is 6.54 Å². The van der Waals surface area contributed by atoms with Gasteiger partial charge in [-0.2, -0.15) is 5.10 Å². The third kappa shape index (κ3) is 2.78. The Morgan fingerprint density at radius 2 is 1.61 bits per heavy atom. The fraction of sp³-hybridized carbons (Fsp3) is 0.167. The highest BCUT2D eigenvalue weighted by molar-refractivity contribution is 5.70. The van der Waals surface area contributed by atoms with Crippen LogP contribution in [0.2, 0.25) is 0 Å². The maximum Gasteiger partial charge on any atom is 0.144 e. The number of aromatic nitrogens is 2. The van der Waals surface area contributed by atoms with Crippen LogP contribution in [-0.4, -0.2) is 24.0 Å². The second kappa shape index (κ2) is 6.54. The van der Waals surface area contributed by atoms with Gasteiger partial charge in [-0.1, -0.05) is 24.3 Å². The molecule has 0 bridgehead atoms. The Kier molecular flexibility index (Phi) is 4.30. The van der Waals surface area contributed by atoms with E-state index < -0.39 is 0 Å². The molecule has 1 aromatic heterocycles. The van der Waals surface area contributed by atoms with Gasteiger partial charge < -0.3 is 15.2 Å². The zero-order chi connectivity index (χ0) is 16.2. The summed E-state index contributed by atoms with van der Waals surface area (Å²) < 4.78 is 12.8. The number of nitrogens with two attached hydrogens (primary N) is 1. The van der Waals surface area contributed by atoms with Crippen LogP contribution in [0.15, 0.2) is 54.6 Å². The highest BCUT2D eigenvalue weighted by Crippen LogP contribution is 2.33. The Morgan fingerprint density at radius 1 is 0.957 bits per heavy atom.